The number of aromatic nitrogens is 3. The molecule has 0 radical (unpaired) electrons. The second kappa shape index (κ2) is 18.1. The topological polar surface area (TPSA) is 166 Å². The van der Waals surface area contributed by atoms with Crippen molar-refractivity contribution in [2.75, 3.05) is 19.7 Å². The van der Waals surface area contributed by atoms with E-state index in [1.54, 1.807) is 24.4 Å². The molecule has 1 aliphatic carbocycles. The van der Waals surface area contributed by atoms with Gasteiger partial charge in [0, 0.05) is 77.2 Å². The summed E-state index contributed by atoms with van der Waals surface area (Å²) in [5, 5.41) is 47.3. The van der Waals surface area contributed by atoms with Crippen molar-refractivity contribution >= 4 is 44.4 Å². The second-order valence-corrected chi connectivity index (χ2v) is 15.8. The SMILES string of the molecule is N#Cc1cncc(COc2cc(OCc3cccc(-c4cccc5c4cnn5CC4CCC(N5CC[C@@H](O)C5)CC4)c3Br)c(Cl)cc2CN[C@@H](CO)C(=O)O)c1. The molecule has 14 heteroatoms. The summed E-state index contributed by atoms with van der Waals surface area (Å²) in [6.07, 6.45) is 10.4. The number of nitrogens with zero attached hydrogens (tertiary/aromatic N) is 5. The number of hydrogen-bond donors (Lipinski definition) is 4. The van der Waals surface area contributed by atoms with E-state index in [0.717, 1.165) is 83.8 Å². The van der Waals surface area contributed by atoms with Crippen LogP contribution in [0.1, 0.15) is 54.4 Å². The van der Waals surface area contributed by atoms with Crippen molar-refractivity contribution in [2.45, 2.75) is 76.6 Å². The highest BCUT2D eigenvalue weighted by Gasteiger charge is 2.31. The van der Waals surface area contributed by atoms with Crippen LogP contribution in [0.2, 0.25) is 5.02 Å². The molecule has 5 aromatic rings. The molecule has 1 saturated carbocycles. The zero-order valence-electron chi connectivity index (χ0n) is 30.8. The second-order valence-electron chi connectivity index (χ2n) is 14.6. The number of aliphatic carboxylic acids is 1. The molecular formula is C42H44BrClN6O6. The Labute approximate surface area is 338 Å². The number of fused-ring (bicyclic) bond motifs is 1. The van der Waals surface area contributed by atoms with Gasteiger partial charge in [-0.25, -0.2) is 0 Å². The van der Waals surface area contributed by atoms with Gasteiger partial charge in [-0.2, -0.15) is 10.4 Å². The Balaban J connectivity index is 1.07. The molecule has 2 fully saturated rings. The van der Waals surface area contributed by atoms with E-state index in [0.29, 0.717) is 45.2 Å². The van der Waals surface area contributed by atoms with Gasteiger partial charge in [-0.05, 0) is 83.3 Å². The minimum absolute atomic E-state index is 0.0463. The fraction of sp³-hybridized carbons (Fsp3) is 0.381. The lowest BCUT2D eigenvalue weighted by molar-refractivity contribution is -0.140. The molecule has 1 aliphatic heterocycles. The Morgan fingerprint density at radius 1 is 1.00 bits per heavy atom. The van der Waals surface area contributed by atoms with Crippen LogP contribution in [-0.2, 0) is 31.1 Å². The van der Waals surface area contributed by atoms with E-state index < -0.39 is 18.6 Å². The Bertz CT molecular complexity index is 2220. The van der Waals surface area contributed by atoms with Crippen LogP contribution >= 0.6 is 27.5 Å². The van der Waals surface area contributed by atoms with Gasteiger partial charge in [0.25, 0.3) is 0 Å². The van der Waals surface area contributed by atoms with Crippen molar-refractivity contribution < 1.29 is 29.6 Å². The van der Waals surface area contributed by atoms with Gasteiger partial charge in [-0.3, -0.25) is 24.7 Å². The summed E-state index contributed by atoms with van der Waals surface area (Å²) in [6.45, 7) is 2.41. The predicted octanol–water partition coefficient (Wildman–Crippen LogP) is 6.70. The molecule has 2 atom stereocenters. The van der Waals surface area contributed by atoms with Gasteiger partial charge in [0.05, 0.1) is 35.0 Å². The van der Waals surface area contributed by atoms with E-state index in [4.69, 9.17) is 26.2 Å². The third-order valence-electron chi connectivity index (χ3n) is 10.9. The molecule has 292 valence electrons. The normalized spacial score (nSPS) is 19.2. The zero-order valence-corrected chi connectivity index (χ0v) is 33.1. The number of benzene rings is 3. The third-order valence-corrected chi connectivity index (χ3v) is 12.1. The minimum atomic E-state index is -1.19. The van der Waals surface area contributed by atoms with Crippen molar-refractivity contribution in [3.8, 4) is 28.7 Å². The summed E-state index contributed by atoms with van der Waals surface area (Å²) >= 11 is 10.6. The lowest BCUT2D eigenvalue weighted by Gasteiger charge is -2.34. The van der Waals surface area contributed by atoms with Crippen LogP contribution < -0.4 is 14.8 Å². The molecule has 0 amide bonds. The van der Waals surface area contributed by atoms with E-state index in [1.165, 1.54) is 6.20 Å². The Kier molecular flexibility index (Phi) is 12.9. The molecule has 1 saturated heterocycles. The number of likely N-dealkylation sites (tertiary alicyclic amines) is 1. The first kappa shape index (κ1) is 39.7. The summed E-state index contributed by atoms with van der Waals surface area (Å²) in [6, 6.07) is 18.8. The molecule has 2 aromatic heterocycles. The van der Waals surface area contributed by atoms with Gasteiger partial charge in [-0.1, -0.05) is 41.9 Å². The van der Waals surface area contributed by atoms with Crippen LogP contribution in [0.15, 0.2) is 77.7 Å². The van der Waals surface area contributed by atoms with Crippen molar-refractivity contribution in [1.82, 2.24) is 25.0 Å². The number of rotatable bonds is 15. The Morgan fingerprint density at radius 2 is 1.79 bits per heavy atom. The first-order valence-electron chi connectivity index (χ1n) is 18.8. The standard InChI is InChI=1S/C42H44BrClN6O6/c43-41-29(25-56-40-15-39(55-24-28-13-27(16-45)17-46-18-28)30(14-36(40)44)19-47-37(23-51)42(53)54)3-1-5-34(41)33-4-2-6-38-35(33)20-48-50(38)21-26-7-9-31(10-8-26)49-12-11-32(52)22-49/h1-6,13-15,17-18,20,26,31-32,37,47,51-52H,7-12,19,21-25H2,(H,53,54)/t26?,31?,32-,37+/m1/s1. The Morgan fingerprint density at radius 3 is 2.54 bits per heavy atom. The van der Waals surface area contributed by atoms with Crippen LogP contribution in [0.25, 0.3) is 22.0 Å². The average Bonchev–Trinajstić information content (AvgIpc) is 3.84. The number of aliphatic hydroxyl groups is 2. The summed E-state index contributed by atoms with van der Waals surface area (Å²) in [4.78, 5) is 18.1. The number of nitriles is 1. The van der Waals surface area contributed by atoms with Crippen molar-refractivity contribution in [1.29, 1.82) is 5.26 Å². The maximum atomic E-state index is 11.5. The van der Waals surface area contributed by atoms with Crippen LogP contribution in [0.3, 0.4) is 0 Å². The number of carboxylic acid groups (broad SMARTS) is 1. The van der Waals surface area contributed by atoms with Crippen molar-refractivity contribution in [3.63, 3.8) is 0 Å². The fourth-order valence-electron chi connectivity index (χ4n) is 7.79. The van der Waals surface area contributed by atoms with Gasteiger partial charge < -0.3 is 24.8 Å². The molecule has 2 aliphatic rings. The number of carbonyl (C=O) groups is 1. The molecule has 3 aromatic carbocycles. The third kappa shape index (κ3) is 9.18. The quantitative estimate of drug-likeness (QED) is 0.0886. The summed E-state index contributed by atoms with van der Waals surface area (Å²) < 4.78 is 15.5. The van der Waals surface area contributed by atoms with E-state index in [1.807, 2.05) is 18.3 Å². The molecule has 3 heterocycles. The van der Waals surface area contributed by atoms with Crippen LogP contribution in [0.5, 0.6) is 11.5 Å². The van der Waals surface area contributed by atoms with Crippen molar-refractivity contribution in [3.05, 3.63) is 105 Å². The number of halogens is 2. The lowest BCUT2D eigenvalue weighted by Crippen LogP contribution is -2.39. The monoisotopic (exact) mass is 842 g/mol. The van der Waals surface area contributed by atoms with Gasteiger partial charge in [0.15, 0.2) is 0 Å². The van der Waals surface area contributed by atoms with Crippen LogP contribution in [-0.4, -0.2) is 78.8 Å². The largest absolute Gasteiger partial charge is 0.488 e. The molecule has 7 rings (SSSR count). The lowest BCUT2D eigenvalue weighted by atomic mass is 9.85. The zero-order chi connectivity index (χ0) is 39.2. The molecule has 4 N–H and O–H groups in total. The van der Waals surface area contributed by atoms with Gasteiger partial charge in [0.2, 0.25) is 0 Å². The van der Waals surface area contributed by atoms with E-state index in [2.05, 4.69) is 66.1 Å². The highest BCUT2D eigenvalue weighted by atomic mass is 79.9. The highest BCUT2D eigenvalue weighted by molar-refractivity contribution is 9.10. The molecule has 0 spiro atoms. The average molecular weight is 844 g/mol. The van der Waals surface area contributed by atoms with Gasteiger partial charge >= 0.3 is 5.97 Å². The molecular weight excluding hydrogens is 800 g/mol. The van der Waals surface area contributed by atoms with Crippen LogP contribution in [0.4, 0.5) is 0 Å². The van der Waals surface area contributed by atoms with Gasteiger partial charge in [-0.15, -0.1) is 0 Å². The maximum Gasteiger partial charge on any atom is 0.323 e. The van der Waals surface area contributed by atoms with Gasteiger partial charge in [0.1, 0.15) is 36.8 Å². The minimum Gasteiger partial charge on any atom is -0.488 e. The molecule has 0 bridgehead atoms. The van der Waals surface area contributed by atoms with E-state index in [9.17, 15) is 25.4 Å². The Hall–Kier alpha value is -4.55. The molecule has 0 unspecified atom stereocenters. The number of carboxylic acids is 1. The number of nitrogens with one attached hydrogen (secondary N) is 1. The molecule has 56 heavy (non-hydrogen) atoms. The summed E-state index contributed by atoms with van der Waals surface area (Å²) in [5.41, 5.74) is 5.67. The predicted molar refractivity (Wildman–Crippen MR) is 215 cm³/mol. The number of hydrogen-bond acceptors (Lipinski definition) is 10. The first-order valence-corrected chi connectivity index (χ1v) is 20.0. The smallest absolute Gasteiger partial charge is 0.323 e. The number of aliphatic hydroxyl groups excluding tert-OH is 2. The highest BCUT2D eigenvalue weighted by Crippen LogP contribution is 2.39. The number of pyridine rings is 1. The van der Waals surface area contributed by atoms with Crippen molar-refractivity contribution in [2.24, 2.45) is 5.92 Å². The number of ether oxygens (including phenoxy) is 2. The van der Waals surface area contributed by atoms with Crippen LogP contribution in [0, 0.1) is 17.2 Å². The first-order chi connectivity index (χ1) is 27.2. The number of β-amino-alcohol motifs (C(OH)–C–C–N with tert-alkyl or cyclic N) is 1. The summed E-state index contributed by atoms with van der Waals surface area (Å²) in [5.74, 6) is 0.123. The van der Waals surface area contributed by atoms with E-state index in [-0.39, 0.29) is 25.9 Å². The molecule has 12 nitrogen and oxygen atoms in total. The summed E-state index contributed by atoms with van der Waals surface area (Å²) in [7, 11) is 0. The maximum absolute atomic E-state index is 11.5. The fourth-order valence-corrected chi connectivity index (χ4v) is 8.62. The van der Waals surface area contributed by atoms with E-state index >= 15 is 0 Å².